The van der Waals surface area contributed by atoms with Crippen molar-refractivity contribution >= 4 is 41.9 Å². The molecule has 2 aromatic carbocycles. The lowest BCUT2D eigenvalue weighted by atomic mass is 9.96. The molecule has 44 heavy (non-hydrogen) atoms. The molecular formula is C36H51NO5SSi. The van der Waals surface area contributed by atoms with Crippen molar-refractivity contribution in [3.8, 4) is 0 Å². The van der Waals surface area contributed by atoms with Crippen molar-refractivity contribution in [3.05, 3.63) is 86.0 Å². The molecule has 1 saturated heterocycles. The number of carbonyl (C=O) groups excluding carboxylic acids is 1. The van der Waals surface area contributed by atoms with Crippen LogP contribution < -0.4 is 10.4 Å². The van der Waals surface area contributed by atoms with E-state index in [1.54, 1.807) is 0 Å². The summed E-state index contributed by atoms with van der Waals surface area (Å²) in [4.78, 5) is 14.7. The van der Waals surface area contributed by atoms with Crippen molar-refractivity contribution in [1.29, 1.82) is 0 Å². The van der Waals surface area contributed by atoms with Crippen molar-refractivity contribution in [2.24, 2.45) is 0 Å². The Bertz CT molecular complexity index is 1150. The molecule has 6 nitrogen and oxygen atoms in total. The molecule has 0 aromatic heterocycles. The SMILES string of the molecule is C=CCN(CC=C)C(=S)C[C@@H](O)C[C@@H](C[C@@H]1CCC[C@H](CC(=O)OC)O1)O[Si](c1ccccc1)(c1ccccc1)C(C)(C)C. The van der Waals surface area contributed by atoms with Crippen LogP contribution in [0.25, 0.3) is 0 Å². The second-order valence-corrected chi connectivity index (χ2v) is 17.4. The molecule has 1 fully saturated rings. The quantitative estimate of drug-likeness (QED) is 0.105. The lowest BCUT2D eigenvalue weighted by Crippen LogP contribution is -2.68. The summed E-state index contributed by atoms with van der Waals surface area (Å²) < 4.78 is 18.9. The number of benzene rings is 2. The van der Waals surface area contributed by atoms with Gasteiger partial charge in [0.2, 0.25) is 0 Å². The molecule has 3 rings (SSSR count). The summed E-state index contributed by atoms with van der Waals surface area (Å²) in [6, 6.07) is 21.1. The van der Waals surface area contributed by atoms with Crippen molar-refractivity contribution in [1.82, 2.24) is 4.90 Å². The Balaban J connectivity index is 1.98. The highest BCUT2D eigenvalue weighted by atomic mass is 32.1. The van der Waals surface area contributed by atoms with Gasteiger partial charge in [0.25, 0.3) is 8.32 Å². The molecule has 240 valence electrons. The van der Waals surface area contributed by atoms with Crippen LogP contribution in [0.5, 0.6) is 0 Å². The Morgan fingerprint density at radius 2 is 1.59 bits per heavy atom. The minimum atomic E-state index is -2.91. The number of aliphatic hydroxyl groups excluding tert-OH is 1. The first-order chi connectivity index (χ1) is 21.0. The molecule has 0 aliphatic carbocycles. The first-order valence-electron chi connectivity index (χ1n) is 15.7. The van der Waals surface area contributed by atoms with Gasteiger partial charge in [-0.05, 0) is 47.5 Å². The van der Waals surface area contributed by atoms with Gasteiger partial charge in [0.05, 0.1) is 42.9 Å². The lowest BCUT2D eigenvalue weighted by Gasteiger charge is -2.46. The van der Waals surface area contributed by atoms with Crippen LogP contribution in [-0.4, -0.2) is 73.9 Å². The average Bonchev–Trinajstić information content (AvgIpc) is 3.00. The Hall–Kier alpha value is -2.62. The second kappa shape index (κ2) is 17.2. The topological polar surface area (TPSA) is 68.2 Å². The van der Waals surface area contributed by atoms with Crippen LogP contribution in [0.1, 0.15) is 65.7 Å². The van der Waals surface area contributed by atoms with E-state index in [2.05, 4.69) is 82.5 Å². The highest BCUT2D eigenvalue weighted by molar-refractivity contribution is 7.80. The van der Waals surface area contributed by atoms with Crippen LogP contribution in [0.2, 0.25) is 5.04 Å². The fraction of sp³-hybridized carbons (Fsp3) is 0.500. The molecule has 1 aliphatic rings. The van der Waals surface area contributed by atoms with Crippen molar-refractivity contribution < 1.29 is 23.8 Å². The van der Waals surface area contributed by atoms with E-state index in [4.69, 9.17) is 26.1 Å². The summed E-state index contributed by atoms with van der Waals surface area (Å²) in [5.41, 5.74) is 0. The second-order valence-electron chi connectivity index (χ2n) is 12.7. The van der Waals surface area contributed by atoms with E-state index in [1.165, 1.54) is 17.5 Å². The molecule has 1 heterocycles. The number of carbonyl (C=O) groups is 1. The number of thiocarbonyl (C=S) groups is 1. The molecule has 8 heteroatoms. The zero-order valence-corrected chi connectivity index (χ0v) is 28.8. The minimum Gasteiger partial charge on any atom is -0.469 e. The normalized spacial score (nSPS) is 18.6. The van der Waals surface area contributed by atoms with E-state index in [0.29, 0.717) is 37.3 Å². The number of methoxy groups -OCH3 is 1. The fourth-order valence-corrected chi connectivity index (χ4v) is 11.4. The Kier molecular flexibility index (Phi) is 14.0. The van der Waals surface area contributed by atoms with Crippen molar-refractivity contribution in [3.63, 3.8) is 0 Å². The van der Waals surface area contributed by atoms with Crippen LogP contribution in [0.3, 0.4) is 0 Å². The van der Waals surface area contributed by atoms with Gasteiger partial charge >= 0.3 is 5.97 Å². The van der Waals surface area contributed by atoms with Crippen LogP contribution in [0, 0.1) is 0 Å². The number of nitrogens with zero attached hydrogens (tertiary/aromatic N) is 1. The van der Waals surface area contributed by atoms with Gasteiger partial charge in [0.15, 0.2) is 0 Å². The highest BCUT2D eigenvalue weighted by Gasteiger charge is 2.51. The molecule has 1 N–H and O–H groups in total. The maximum atomic E-state index is 12.0. The maximum Gasteiger partial charge on any atom is 0.308 e. The van der Waals surface area contributed by atoms with E-state index in [0.717, 1.165) is 19.3 Å². The summed E-state index contributed by atoms with van der Waals surface area (Å²) in [5.74, 6) is -0.261. The highest BCUT2D eigenvalue weighted by Crippen LogP contribution is 2.39. The molecule has 0 radical (unpaired) electrons. The van der Waals surface area contributed by atoms with Gasteiger partial charge in [-0.1, -0.05) is 106 Å². The van der Waals surface area contributed by atoms with E-state index >= 15 is 0 Å². The third-order valence-corrected chi connectivity index (χ3v) is 13.9. The fourth-order valence-electron chi connectivity index (χ4n) is 6.31. The summed E-state index contributed by atoms with van der Waals surface area (Å²) >= 11 is 5.76. The predicted molar refractivity (Wildman–Crippen MR) is 186 cm³/mol. The third kappa shape index (κ3) is 9.69. The number of hydrogen-bond acceptors (Lipinski definition) is 6. The number of esters is 1. The van der Waals surface area contributed by atoms with E-state index in [1.807, 2.05) is 29.2 Å². The van der Waals surface area contributed by atoms with Gasteiger partial charge in [-0.25, -0.2) is 0 Å². The van der Waals surface area contributed by atoms with E-state index in [9.17, 15) is 9.90 Å². The maximum absolute atomic E-state index is 12.0. The Morgan fingerprint density at radius 1 is 1.05 bits per heavy atom. The summed E-state index contributed by atoms with van der Waals surface area (Å²) in [6.45, 7) is 15.7. The molecule has 0 amide bonds. The van der Waals surface area contributed by atoms with Crippen LogP contribution in [0.4, 0.5) is 0 Å². The monoisotopic (exact) mass is 637 g/mol. The number of rotatable bonds is 16. The molecule has 1 aliphatic heterocycles. The van der Waals surface area contributed by atoms with Gasteiger partial charge in [0.1, 0.15) is 0 Å². The Labute approximate surface area is 271 Å². The van der Waals surface area contributed by atoms with Gasteiger partial charge < -0.3 is 23.9 Å². The van der Waals surface area contributed by atoms with Crippen LogP contribution >= 0.6 is 12.2 Å². The van der Waals surface area contributed by atoms with Gasteiger partial charge in [-0.3, -0.25) is 4.79 Å². The smallest absolute Gasteiger partial charge is 0.308 e. The lowest BCUT2D eigenvalue weighted by molar-refractivity contribution is -0.147. The average molecular weight is 638 g/mol. The predicted octanol–water partition coefficient (Wildman–Crippen LogP) is 5.97. The molecule has 4 atom stereocenters. The third-order valence-electron chi connectivity index (χ3n) is 8.34. The first kappa shape index (κ1) is 35.9. The molecule has 2 aromatic rings. The molecular weight excluding hydrogens is 587 g/mol. The van der Waals surface area contributed by atoms with Crippen molar-refractivity contribution in [2.75, 3.05) is 20.2 Å². The molecule has 0 spiro atoms. The molecule has 0 bridgehead atoms. The van der Waals surface area contributed by atoms with Crippen LogP contribution in [0.15, 0.2) is 86.0 Å². The minimum absolute atomic E-state index is 0.0983. The van der Waals surface area contributed by atoms with E-state index in [-0.39, 0.29) is 35.7 Å². The standard InChI is InChI=1S/C36H51NO5SSi/c1-7-22-37(23-8-2)34(43)25-28(38)24-31(26-29-16-15-17-30(41-29)27-35(39)40-6)42-44(36(3,4)5,32-18-11-9-12-19-32)33-20-13-10-14-21-33/h7-14,18-21,28-31,38H,1-2,15-17,22-27H2,3-6H3/t28-,29-,30+,31-/m0/s1. The molecule has 0 saturated carbocycles. The van der Waals surface area contributed by atoms with Crippen molar-refractivity contribution in [2.45, 2.75) is 95.2 Å². The Morgan fingerprint density at radius 3 is 2.09 bits per heavy atom. The van der Waals surface area contributed by atoms with E-state index < -0.39 is 14.4 Å². The first-order valence-corrected chi connectivity index (χ1v) is 18.0. The summed E-state index contributed by atoms with van der Waals surface area (Å²) in [6.07, 6.45) is 6.57. The number of ether oxygens (including phenoxy) is 2. The number of aliphatic hydroxyl groups is 1. The zero-order valence-electron chi connectivity index (χ0n) is 27.0. The summed E-state index contributed by atoms with van der Waals surface area (Å²) in [5, 5.41) is 13.7. The zero-order chi connectivity index (χ0) is 32.2. The molecule has 0 unspecified atom stereocenters. The van der Waals surface area contributed by atoms with Gasteiger partial charge in [-0.2, -0.15) is 0 Å². The van der Waals surface area contributed by atoms with Gasteiger partial charge in [0, 0.05) is 19.5 Å². The van der Waals surface area contributed by atoms with Gasteiger partial charge in [-0.15, -0.1) is 13.2 Å². The summed E-state index contributed by atoms with van der Waals surface area (Å²) in [7, 11) is -1.50. The largest absolute Gasteiger partial charge is 0.469 e. The van der Waals surface area contributed by atoms with Crippen LogP contribution in [-0.2, 0) is 18.7 Å². The number of hydrogen-bond donors (Lipinski definition) is 1.